The molecule has 4 nitrogen and oxygen atoms in total. The molecule has 0 aromatic carbocycles. The molecule has 0 aliphatic carbocycles. The zero-order chi connectivity index (χ0) is 11.4. The molecule has 2 aromatic heterocycles. The molecule has 0 N–H and O–H groups in total. The van der Waals surface area contributed by atoms with E-state index in [9.17, 15) is 4.79 Å². The van der Waals surface area contributed by atoms with Crippen LogP contribution in [0.25, 0.3) is 0 Å². The summed E-state index contributed by atoms with van der Waals surface area (Å²) in [4.78, 5) is 16.1. The van der Waals surface area contributed by atoms with E-state index in [0.717, 1.165) is 19.4 Å². The highest BCUT2D eigenvalue weighted by molar-refractivity contribution is 6.04. The van der Waals surface area contributed by atoms with Gasteiger partial charge in [0.25, 0.3) is 5.78 Å². The van der Waals surface area contributed by atoms with Crippen LogP contribution in [0, 0.1) is 0 Å². The molecule has 0 bridgehead atoms. The molecule has 16 heavy (non-hydrogen) atoms. The first-order chi connectivity index (χ1) is 7.83. The fourth-order valence-electron chi connectivity index (χ4n) is 1.55. The molecule has 0 unspecified atom stereocenters. The molecular formula is C12H14N2O2. The van der Waals surface area contributed by atoms with E-state index in [1.54, 1.807) is 18.3 Å². The molecule has 0 saturated carbocycles. The minimum atomic E-state index is -0.161. The van der Waals surface area contributed by atoms with E-state index < -0.39 is 0 Å². The predicted octanol–water partition coefficient (Wildman–Crippen LogP) is 2.51. The van der Waals surface area contributed by atoms with Gasteiger partial charge in [-0.3, -0.25) is 4.79 Å². The van der Waals surface area contributed by atoms with Crippen LogP contribution in [0.2, 0.25) is 0 Å². The summed E-state index contributed by atoms with van der Waals surface area (Å²) in [5, 5.41) is 0. The molecule has 2 aromatic rings. The first-order valence-corrected chi connectivity index (χ1v) is 5.42. The standard InChI is InChI=1S/C12H14N2O2/c1-2-3-7-14-8-6-13-12(14)11(15)10-5-4-9-16-10/h4-6,8-9H,2-3,7H2,1H3. The van der Waals surface area contributed by atoms with Crippen molar-refractivity contribution in [2.24, 2.45) is 0 Å². The van der Waals surface area contributed by atoms with Crippen LogP contribution in [0.5, 0.6) is 0 Å². The highest BCUT2D eigenvalue weighted by atomic mass is 16.3. The molecule has 0 amide bonds. The number of rotatable bonds is 5. The molecule has 0 aliphatic heterocycles. The second-order valence-corrected chi connectivity index (χ2v) is 3.60. The number of nitrogens with zero attached hydrogens (tertiary/aromatic N) is 2. The lowest BCUT2D eigenvalue weighted by Crippen LogP contribution is -2.10. The Kier molecular flexibility index (Phi) is 3.19. The first-order valence-electron chi connectivity index (χ1n) is 5.42. The quantitative estimate of drug-likeness (QED) is 0.724. The van der Waals surface area contributed by atoms with Crippen molar-refractivity contribution in [1.82, 2.24) is 9.55 Å². The minimum absolute atomic E-state index is 0.161. The Labute approximate surface area is 93.9 Å². The van der Waals surface area contributed by atoms with Gasteiger partial charge in [0.05, 0.1) is 6.26 Å². The molecule has 84 valence electrons. The lowest BCUT2D eigenvalue weighted by molar-refractivity contribution is 0.0995. The van der Waals surface area contributed by atoms with Gasteiger partial charge < -0.3 is 8.98 Å². The Morgan fingerprint density at radius 2 is 2.44 bits per heavy atom. The molecule has 0 aliphatic rings. The van der Waals surface area contributed by atoms with Crippen LogP contribution < -0.4 is 0 Å². The van der Waals surface area contributed by atoms with Gasteiger partial charge >= 0.3 is 0 Å². The molecule has 2 heterocycles. The maximum Gasteiger partial charge on any atom is 0.263 e. The monoisotopic (exact) mass is 218 g/mol. The Balaban J connectivity index is 2.20. The third-order valence-electron chi connectivity index (χ3n) is 2.42. The summed E-state index contributed by atoms with van der Waals surface area (Å²) in [5.41, 5.74) is 0. The normalized spacial score (nSPS) is 10.6. The summed E-state index contributed by atoms with van der Waals surface area (Å²) >= 11 is 0. The third-order valence-corrected chi connectivity index (χ3v) is 2.42. The van der Waals surface area contributed by atoms with Crippen LogP contribution in [0.3, 0.4) is 0 Å². The Morgan fingerprint density at radius 1 is 1.56 bits per heavy atom. The van der Waals surface area contributed by atoms with Crippen LogP contribution in [0.1, 0.15) is 36.1 Å². The van der Waals surface area contributed by atoms with Crippen LogP contribution in [0.15, 0.2) is 35.2 Å². The summed E-state index contributed by atoms with van der Waals surface area (Å²) in [6, 6.07) is 3.35. The molecule has 0 saturated heterocycles. The van der Waals surface area contributed by atoms with Crippen molar-refractivity contribution in [1.29, 1.82) is 0 Å². The fraction of sp³-hybridized carbons (Fsp3) is 0.333. The maximum atomic E-state index is 12.0. The highest BCUT2D eigenvalue weighted by Gasteiger charge is 2.16. The lowest BCUT2D eigenvalue weighted by Gasteiger charge is -2.04. The van der Waals surface area contributed by atoms with E-state index >= 15 is 0 Å². The Morgan fingerprint density at radius 3 is 3.12 bits per heavy atom. The molecule has 0 radical (unpaired) electrons. The van der Waals surface area contributed by atoms with Crippen LogP contribution in [-0.4, -0.2) is 15.3 Å². The van der Waals surface area contributed by atoms with Gasteiger partial charge in [-0.25, -0.2) is 4.98 Å². The van der Waals surface area contributed by atoms with Crippen molar-refractivity contribution in [3.05, 3.63) is 42.4 Å². The van der Waals surface area contributed by atoms with Gasteiger partial charge in [-0.1, -0.05) is 13.3 Å². The number of hydrogen-bond donors (Lipinski definition) is 0. The zero-order valence-electron chi connectivity index (χ0n) is 9.22. The van der Waals surface area contributed by atoms with Gasteiger partial charge in [0.2, 0.25) is 0 Å². The van der Waals surface area contributed by atoms with Crippen molar-refractivity contribution in [3.63, 3.8) is 0 Å². The van der Waals surface area contributed by atoms with Gasteiger partial charge in [0.15, 0.2) is 11.6 Å². The maximum absolute atomic E-state index is 12.0. The van der Waals surface area contributed by atoms with Crippen LogP contribution >= 0.6 is 0 Å². The van der Waals surface area contributed by atoms with E-state index in [2.05, 4.69) is 11.9 Å². The average Bonchev–Trinajstić information content (AvgIpc) is 2.96. The highest BCUT2D eigenvalue weighted by Crippen LogP contribution is 2.09. The minimum Gasteiger partial charge on any atom is -0.461 e. The molecule has 0 spiro atoms. The second-order valence-electron chi connectivity index (χ2n) is 3.60. The number of furan rings is 1. The lowest BCUT2D eigenvalue weighted by atomic mass is 10.2. The number of carbonyl (C=O) groups is 1. The summed E-state index contributed by atoms with van der Waals surface area (Å²) in [6.45, 7) is 2.93. The number of hydrogen-bond acceptors (Lipinski definition) is 3. The molecule has 0 atom stereocenters. The summed E-state index contributed by atoms with van der Waals surface area (Å²) in [7, 11) is 0. The SMILES string of the molecule is CCCCn1ccnc1C(=O)c1ccco1. The predicted molar refractivity (Wildman–Crippen MR) is 59.3 cm³/mol. The largest absolute Gasteiger partial charge is 0.461 e. The number of aryl methyl sites for hydroxylation is 1. The van der Waals surface area contributed by atoms with E-state index in [1.165, 1.54) is 6.26 Å². The van der Waals surface area contributed by atoms with Gasteiger partial charge in [0, 0.05) is 18.9 Å². The van der Waals surface area contributed by atoms with Crippen molar-refractivity contribution in [3.8, 4) is 0 Å². The second kappa shape index (κ2) is 4.79. The topological polar surface area (TPSA) is 48.0 Å². The van der Waals surface area contributed by atoms with E-state index in [0.29, 0.717) is 11.6 Å². The summed E-state index contributed by atoms with van der Waals surface area (Å²) in [5.74, 6) is 0.624. The van der Waals surface area contributed by atoms with Crippen molar-refractivity contribution in [2.75, 3.05) is 0 Å². The number of carbonyl (C=O) groups excluding carboxylic acids is 1. The average molecular weight is 218 g/mol. The molecule has 4 heteroatoms. The molecular weight excluding hydrogens is 204 g/mol. The first kappa shape index (κ1) is 10.7. The van der Waals surface area contributed by atoms with Gasteiger partial charge in [-0.05, 0) is 18.6 Å². The number of unbranched alkanes of at least 4 members (excludes halogenated alkanes) is 1. The van der Waals surface area contributed by atoms with E-state index in [-0.39, 0.29) is 5.78 Å². The van der Waals surface area contributed by atoms with Crippen molar-refractivity contribution >= 4 is 5.78 Å². The zero-order valence-corrected chi connectivity index (χ0v) is 9.22. The van der Waals surface area contributed by atoms with Crippen molar-refractivity contribution in [2.45, 2.75) is 26.3 Å². The number of imidazole rings is 1. The van der Waals surface area contributed by atoms with Gasteiger partial charge in [-0.15, -0.1) is 0 Å². The molecule has 0 fully saturated rings. The van der Waals surface area contributed by atoms with Crippen LogP contribution in [-0.2, 0) is 6.54 Å². The Bertz CT molecular complexity index is 457. The van der Waals surface area contributed by atoms with Gasteiger partial charge in [0.1, 0.15) is 0 Å². The van der Waals surface area contributed by atoms with Crippen LogP contribution in [0.4, 0.5) is 0 Å². The number of aromatic nitrogens is 2. The molecule has 2 rings (SSSR count). The number of ketones is 1. The van der Waals surface area contributed by atoms with Crippen molar-refractivity contribution < 1.29 is 9.21 Å². The third kappa shape index (κ3) is 2.05. The van der Waals surface area contributed by atoms with E-state index in [4.69, 9.17) is 4.42 Å². The Hall–Kier alpha value is -1.84. The smallest absolute Gasteiger partial charge is 0.263 e. The van der Waals surface area contributed by atoms with Gasteiger partial charge in [-0.2, -0.15) is 0 Å². The summed E-state index contributed by atoms with van der Waals surface area (Å²) < 4.78 is 6.95. The summed E-state index contributed by atoms with van der Waals surface area (Å²) in [6.07, 6.45) is 7.09. The fourth-order valence-corrected chi connectivity index (χ4v) is 1.55. The van der Waals surface area contributed by atoms with E-state index in [1.807, 2.05) is 10.8 Å².